The highest BCUT2D eigenvalue weighted by atomic mass is 35.5. The lowest BCUT2D eigenvalue weighted by Gasteiger charge is -2.10. The molecule has 0 aliphatic heterocycles. The number of anilines is 2. The Bertz CT molecular complexity index is 1170. The minimum absolute atomic E-state index is 0. The van der Waals surface area contributed by atoms with E-state index in [1.165, 1.54) is 12.3 Å². The molecule has 0 spiro atoms. The van der Waals surface area contributed by atoms with Crippen LogP contribution in [-0.2, 0) is 0 Å². The Morgan fingerprint density at radius 3 is 2.71 bits per heavy atom. The molecule has 1 aromatic carbocycles. The molecule has 4 aromatic rings. The third-order valence-corrected chi connectivity index (χ3v) is 4.35. The number of nitrogens with one attached hydrogen (secondary N) is 1. The monoisotopic (exact) mass is 402 g/mol. The van der Waals surface area contributed by atoms with Crippen molar-refractivity contribution in [3.05, 3.63) is 42.1 Å². The lowest BCUT2D eigenvalue weighted by Crippen LogP contribution is -2.05. The lowest BCUT2D eigenvalue weighted by atomic mass is 9.98. The number of aromatic amines is 1. The fourth-order valence-corrected chi connectivity index (χ4v) is 2.98. The fraction of sp³-hybridized carbons (Fsp3) is 0.111. The maximum atomic E-state index is 14.7. The van der Waals surface area contributed by atoms with Gasteiger partial charge in [-0.05, 0) is 12.1 Å². The molecule has 0 unspecified atom stereocenters. The van der Waals surface area contributed by atoms with Gasteiger partial charge in [0.25, 0.3) is 0 Å². The number of ketones is 1. The Morgan fingerprint density at radius 1 is 1.25 bits per heavy atom. The van der Waals surface area contributed by atoms with Crippen molar-refractivity contribution in [1.82, 2.24) is 20.3 Å². The number of hydrogen-bond donors (Lipinski definition) is 3. The van der Waals surface area contributed by atoms with E-state index in [4.69, 9.17) is 16.0 Å². The van der Waals surface area contributed by atoms with Crippen LogP contribution >= 0.6 is 12.4 Å². The summed E-state index contributed by atoms with van der Waals surface area (Å²) in [6.07, 6.45) is 5.02. The van der Waals surface area contributed by atoms with Gasteiger partial charge in [0, 0.05) is 46.8 Å². The van der Waals surface area contributed by atoms with Crippen molar-refractivity contribution in [2.75, 3.05) is 11.5 Å². The van der Waals surface area contributed by atoms with Crippen LogP contribution in [0.15, 0.2) is 35.2 Å². The summed E-state index contributed by atoms with van der Waals surface area (Å²) in [5, 5.41) is 10.8. The number of nitrogen functional groups attached to an aromatic ring is 2. The number of aromatic nitrogens is 4. The Balaban J connectivity index is 0.00000225. The Labute approximate surface area is 164 Å². The van der Waals surface area contributed by atoms with E-state index in [1.54, 1.807) is 19.3 Å². The van der Waals surface area contributed by atoms with Crippen molar-refractivity contribution in [1.29, 1.82) is 0 Å². The van der Waals surface area contributed by atoms with E-state index in [-0.39, 0.29) is 52.9 Å². The van der Waals surface area contributed by atoms with Gasteiger partial charge >= 0.3 is 0 Å². The molecule has 0 radical (unpaired) electrons. The van der Waals surface area contributed by atoms with Gasteiger partial charge in [0.1, 0.15) is 5.82 Å². The summed E-state index contributed by atoms with van der Waals surface area (Å²) >= 11 is 0. The Morgan fingerprint density at radius 2 is 2.04 bits per heavy atom. The molecule has 5 N–H and O–H groups in total. The summed E-state index contributed by atoms with van der Waals surface area (Å²) in [5.41, 5.74) is 14.1. The first-order valence-corrected chi connectivity index (χ1v) is 8.16. The quantitative estimate of drug-likeness (QED) is 0.350. The first-order chi connectivity index (χ1) is 13.0. The summed E-state index contributed by atoms with van der Waals surface area (Å²) in [4.78, 5) is 16.5. The summed E-state index contributed by atoms with van der Waals surface area (Å²) in [6, 6.07) is 2.50. The van der Waals surface area contributed by atoms with E-state index in [9.17, 15) is 9.18 Å². The maximum Gasteiger partial charge on any atom is 0.180 e. The molecule has 3 aromatic heterocycles. The topological polar surface area (TPSA) is 137 Å². The molecule has 144 valence electrons. The molecule has 0 saturated heterocycles. The van der Waals surface area contributed by atoms with Crippen molar-refractivity contribution >= 4 is 40.7 Å². The smallest absolute Gasteiger partial charge is 0.180 e. The van der Waals surface area contributed by atoms with E-state index >= 15 is 0 Å². The highest BCUT2D eigenvalue weighted by Crippen LogP contribution is 2.38. The second kappa shape index (κ2) is 7.28. The largest absolute Gasteiger partial charge is 0.398 e. The van der Waals surface area contributed by atoms with Gasteiger partial charge in [0.15, 0.2) is 17.2 Å². The first-order valence-electron chi connectivity index (χ1n) is 8.16. The summed E-state index contributed by atoms with van der Waals surface area (Å²) in [6.45, 7) is 1.71. The van der Waals surface area contributed by atoms with Crippen LogP contribution in [0.2, 0.25) is 0 Å². The highest BCUT2D eigenvalue weighted by Gasteiger charge is 2.22. The van der Waals surface area contributed by atoms with Crippen molar-refractivity contribution in [2.45, 2.75) is 13.3 Å². The van der Waals surface area contributed by atoms with Gasteiger partial charge in [0.2, 0.25) is 0 Å². The van der Waals surface area contributed by atoms with Crippen LogP contribution in [0.5, 0.6) is 0 Å². The van der Waals surface area contributed by atoms with Crippen molar-refractivity contribution in [3.63, 3.8) is 0 Å². The number of Topliss-reactive ketones (excluding diaryl/α,β-unsaturated/α-hetero) is 1. The second-order valence-electron chi connectivity index (χ2n) is 5.98. The van der Waals surface area contributed by atoms with Crippen molar-refractivity contribution in [2.24, 2.45) is 0 Å². The van der Waals surface area contributed by atoms with Crippen LogP contribution < -0.4 is 11.5 Å². The minimum Gasteiger partial charge on any atom is -0.398 e. The Hall–Kier alpha value is -3.46. The number of rotatable bonds is 4. The number of carbonyl (C=O) groups is 1. The molecule has 4 rings (SSSR count). The summed E-state index contributed by atoms with van der Waals surface area (Å²) in [5.74, 6) is -0.749. The minimum atomic E-state index is -0.620. The Kier molecular flexibility index (Phi) is 5.02. The molecule has 0 saturated carbocycles. The van der Waals surface area contributed by atoms with E-state index in [2.05, 4.69) is 20.3 Å². The van der Waals surface area contributed by atoms with Crippen LogP contribution in [0.4, 0.5) is 15.9 Å². The van der Waals surface area contributed by atoms with E-state index in [0.717, 1.165) is 11.6 Å². The predicted molar refractivity (Wildman–Crippen MR) is 105 cm³/mol. The van der Waals surface area contributed by atoms with E-state index in [0.29, 0.717) is 16.5 Å². The fourth-order valence-electron chi connectivity index (χ4n) is 2.98. The van der Waals surface area contributed by atoms with Gasteiger partial charge in [-0.25, -0.2) is 4.39 Å². The number of halogens is 2. The van der Waals surface area contributed by atoms with Gasteiger partial charge in [0.05, 0.1) is 17.3 Å². The van der Waals surface area contributed by atoms with Gasteiger partial charge in [-0.3, -0.25) is 14.9 Å². The van der Waals surface area contributed by atoms with Gasteiger partial charge in [-0.1, -0.05) is 12.1 Å². The van der Waals surface area contributed by atoms with Crippen molar-refractivity contribution < 1.29 is 13.7 Å². The number of nitrogens with zero attached hydrogens (tertiary/aromatic N) is 3. The van der Waals surface area contributed by atoms with E-state index < -0.39 is 5.82 Å². The lowest BCUT2D eigenvalue weighted by molar-refractivity contribution is 0.0989. The van der Waals surface area contributed by atoms with Crippen LogP contribution in [-0.4, -0.2) is 26.1 Å². The number of carbonyl (C=O) groups excluding carboxylic acids is 1. The van der Waals surface area contributed by atoms with Crippen LogP contribution in [0.1, 0.15) is 23.7 Å². The molecule has 3 heterocycles. The number of nitrogens with two attached hydrogens (primary N) is 2. The maximum absolute atomic E-state index is 14.7. The molecule has 10 heteroatoms. The molecule has 28 heavy (non-hydrogen) atoms. The zero-order chi connectivity index (χ0) is 19.1. The zero-order valence-electron chi connectivity index (χ0n) is 14.7. The predicted octanol–water partition coefficient (Wildman–Crippen LogP) is 3.60. The molecule has 0 aliphatic carbocycles. The van der Waals surface area contributed by atoms with E-state index in [1.807, 2.05) is 0 Å². The first kappa shape index (κ1) is 19.3. The third kappa shape index (κ3) is 2.95. The summed E-state index contributed by atoms with van der Waals surface area (Å²) in [7, 11) is 0. The molecule has 0 aliphatic rings. The van der Waals surface area contributed by atoms with Crippen LogP contribution in [0.25, 0.3) is 33.4 Å². The molecule has 8 nitrogen and oxygen atoms in total. The summed E-state index contributed by atoms with van der Waals surface area (Å²) < 4.78 is 20.0. The zero-order valence-corrected chi connectivity index (χ0v) is 15.5. The number of benzene rings is 1. The SMILES string of the molecule is CCC(=O)c1cc(-c2ncc(-c3cn[nH]c3)c3onc(N)c23)c(F)cc1N.Cl. The van der Waals surface area contributed by atoms with Crippen molar-refractivity contribution in [3.8, 4) is 22.4 Å². The number of pyridine rings is 1. The van der Waals surface area contributed by atoms with Crippen LogP contribution in [0.3, 0.4) is 0 Å². The normalized spacial score (nSPS) is 10.8. The molecular weight excluding hydrogens is 387 g/mol. The van der Waals surface area contributed by atoms with Gasteiger partial charge in [-0.15, -0.1) is 12.4 Å². The molecule has 0 fully saturated rings. The molecule has 0 bridgehead atoms. The average molecular weight is 403 g/mol. The second-order valence-corrected chi connectivity index (χ2v) is 5.98. The number of hydrogen-bond acceptors (Lipinski definition) is 7. The highest BCUT2D eigenvalue weighted by molar-refractivity contribution is 6.07. The molecular formula is C18H16ClFN6O2. The van der Waals surface area contributed by atoms with Gasteiger partial charge < -0.3 is 16.0 Å². The third-order valence-electron chi connectivity index (χ3n) is 4.35. The standard InChI is InChI=1S/C18H15FN6O2.ClH/c1-2-14(26)10-3-9(12(19)4-13(10)20)16-15-17(27-25-18(15)21)11(7-22-16)8-5-23-24-6-8;/h3-7H,2,20H2,1H3,(H2,21,25)(H,23,24);1H. The van der Waals surface area contributed by atoms with Gasteiger partial charge in [-0.2, -0.15) is 5.10 Å². The molecule has 0 atom stereocenters. The van der Waals surface area contributed by atoms with Crippen LogP contribution in [0, 0.1) is 5.82 Å². The number of fused-ring (bicyclic) bond motifs is 1. The average Bonchev–Trinajstić information content (AvgIpc) is 3.31. The number of H-pyrrole nitrogens is 1. The molecule has 0 amide bonds.